The minimum absolute atomic E-state index is 0.0695. The first-order valence-corrected chi connectivity index (χ1v) is 5.77. The first-order valence-electron chi connectivity index (χ1n) is 5.77. The summed E-state index contributed by atoms with van der Waals surface area (Å²) in [7, 11) is 0. The van der Waals surface area contributed by atoms with Crippen molar-refractivity contribution in [3.8, 4) is 0 Å². The smallest absolute Gasteiger partial charge is 0.337 e. The van der Waals surface area contributed by atoms with Crippen molar-refractivity contribution < 1.29 is 18.0 Å². The third-order valence-electron chi connectivity index (χ3n) is 3.24. The van der Waals surface area contributed by atoms with Gasteiger partial charge < -0.3 is 10.2 Å². The van der Waals surface area contributed by atoms with Crippen LogP contribution < -0.4 is 5.32 Å². The average Bonchev–Trinajstić information content (AvgIpc) is 2.80. The van der Waals surface area contributed by atoms with Gasteiger partial charge in [-0.25, -0.2) is 0 Å². The van der Waals surface area contributed by atoms with Crippen molar-refractivity contribution in [2.24, 2.45) is 0 Å². The van der Waals surface area contributed by atoms with Gasteiger partial charge in [-0.1, -0.05) is 6.08 Å². The molecule has 6 heteroatoms. The predicted octanol–water partition coefficient (Wildman–Crippen LogP) is 1.46. The lowest BCUT2D eigenvalue weighted by atomic mass is 10.1. The molecule has 2 heterocycles. The van der Waals surface area contributed by atoms with E-state index in [1.807, 2.05) is 0 Å². The van der Waals surface area contributed by atoms with Crippen molar-refractivity contribution in [2.45, 2.75) is 31.5 Å². The van der Waals surface area contributed by atoms with Gasteiger partial charge in [0.25, 0.3) is 0 Å². The number of carbonyl (C=O) groups is 1. The zero-order chi connectivity index (χ0) is 12.5. The molecule has 0 radical (unpaired) electrons. The van der Waals surface area contributed by atoms with E-state index < -0.39 is 11.7 Å². The van der Waals surface area contributed by atoms with Crippen molar-refractivity contribution in [1.82, 2.24) is 10.2 Å². The lowest BCUT2D eigenvalue weighted by Crippen LogP contribution is -2.45. The Labute approximate surface area is 97.7 Å². The number of nitrogens with one attached hydrogen (secondary N) is 1. The highest BCUT2D eigenvalue weighted by Crippen LogP contribution is 2.30. The van der Waals surface area contributed by atoms with Gasteiger partial charge >= 0.3 is 6.18 Å². The first-order chi connectivity index (χ1) is 7.98. The maximum absolute atomic E-state index is 12.4. The van der Waals surface area contributed by atoms with Crippen molar-refractivity contribution in [2.75, 3.05) is 19.6 Å². The molecule has 2 aliphatic heterocycles. The van der Waals surface area contributed by atoms with Crippen LogP contribution >= 0.6 is 0 Å². The second-order valence-electron chi connectivity index (χ2n) is 4.41. The molecule has 3 nitrogen and oxygen atoms in total. The molecule has 0 bridgehead atoms. The van der Waals surface area contributed by atoms with Crippen LogP contribution in [0.1, 0.15) is 19.3 Å². The monoisotopic (exact) mass is 248 g/mol. The number of hydrogen-bond acceptors (Lipinski definition) is 2. The summed E-state index contributed by atoms with van der Waals surface area (Å²) in [6, 6.07) is -0.198. The fraction of sp³-hybridized carbons (Fsp3) is 0.727. The molecule has 0 unspecified atom stereocenters. The van der Waals surface area contributed by atoms with Crippen LogP contribution in [0.3, 0.4) is 0 Å². The summed E-state index contributed by atoms with van der Waals surface area (Å²) < 4.78 is 37.2. The molecule has 2 aliphatic rings. The maximum atomic E-state index is 12.4. The molecule has 2 rings (SSSR count). The quantitative estimate of drug-likeness (QED) is 0.712. The Kier molecular flexibility index (Phi) is 3.42. The van der Waals surface area contributed by atoms with Crippen LogP contribution in [0.25, 0.3) is 0 Å². The molecule has 96 valence electrons. The molecule has 0 spiro atoms. The summed E-state index contributed by atoms with van der Waals surface area (Å²) in [5.74, 6) is -0.0695. The van der Waals surface area contributed by atoms with Gasteiger partial charge in [0.1, 0.15) is 0 Å². The molecule has 0 saturated carbocycles. The van der Waals surface area contributed by atoms with Gasteiger partial charge in [0.2, 0.25) is 5.91 Å². The van der Waals surface area contributed by atoms with E-state index in [2.05, 4.69) is 5.32 Å². The summed E-state index contributed by atoms with van der Waals surface area (Å²) in [6.45, 7) is 1.06. The van der Waals surface area contributed by atoms with E-state index in [0.29, 0.717) is 0 Å². The Morgan fingerprint density at radius 1 is 1.47 bits per heavy atom. The molecule has 1 fully saturated rings. The van der Waals surface area contributed by atoms with Crippen LogP contribution in [-0.2, 0) is 4.79 Å². The van der Waals surface area contributed by atoms with Gasteiger partial charge in [-0.05, 0) is 25.8 Å². The third-order valence-corrected chi connectivity index (χ3v) is 3.24. The number of rotatable bonds is 1. The van der Waals surface area contributed by atoms with Crippen molar-refractivity contribution >= 4 is 5.91 Å². The van der Waals surface area contributed by atoms with Crippen molar-refractivity contribution in [3.05, 3.63) is 11.6 Å². The molecule has 0 aliphatic carbocycles. The topological polar surface area (TPSA) is 32.3 Å². The molecular formula is C11H15F3N2O. The van der Waals surface area contributed by atoms with E-state index in [1.54, 1.807) is 0 Å². The lowest BCUT2D eigenvalue weighted by molar-refractivity contribution is -0.134. The first kappa shape index (κ1) is 12.4. The fourth-order valence-electron chi connectivity index (χ4n) is 2.24. The average molecular weight is 248 g/mol. The summed E-state index contributed by atoms with van der Waals surface area (Å²) in [5, 5.41) is 3.06. The van der Waals surface area contributed by atoms with Crippen molar-refractivity contribution in [1.29, 1.82) is 0 Å². The van der Waals surface area contributed by atoms with Gasteiger partial charge in [0.05, 0.1) is 6.04 Å². The number of alkyl halides is 3. The van der Waals surface area contributed by atoms with E-state index >= 15 is 0 Å². The highest BCUT2D eigenvalue weighted by molar-refractivity contribution is 5.82. The molecule has 1 amide bonds. The van der Waals surface area contributed by atoms with Gasteiger partial charge in [-0.3, -0.25) is 4.79 Å². The molecule has 1 N–H and O–H groups in total. The Bertz CT molecular complexity index is 332. The maximum Gasteiger partial charge on any atom is 0.412 e. The Hall–Kier alpha value is -1.04. The zero-order valence-corrected chi connectivity index (χ0v) is 9.39. The minimum Gasteiger partial charge on any atom is -0.337 e. The summed E-state index contributed by atoms with van der Waals surface area (Å²) >= 11 is 0. The van der Waals surface area contributed by atoms with E-state index in [4.69, 9.17) is 0 Å². The van der Waals surface area contributed by atoms with Crippen LogP contribution in [0.15, 0.2) is 11.6 Å². The van der Waals surface area contributed by atoms with Crippen LogP contribution in [-0.4, -0.2) is 42.7 Å². The Balaban J connectivity index is 1.94. The molecule has 0 aromatic carbocycles. The molecule has 1 atom stereocenters. The molecule has 0 aromatic rings. The number of amides is 1. The van der Waals surface area contributed by atoms with E-state index in [1.165, 1.54) is 4.90 Å². The van der Waals surface area contributed by atoms with Crippen molar-refractivity contribution in [3.63, 3.8) is 0 Å². The predicted molar refractivity (Wildman–Crippen MR) is 56.4 cm³/mol. The summed E-state index contributed by atoms with van der Waals surface area (Å²) in [5.41, 5.74) is -0.513. The Morgan fingerprint density at radius 3 is 2.71 bits per heavy atom. The number of nitrogens with zero attached hydrogens (tertiary/aromatic N) is 1. The molecule has 17 heavy (non-hydrogen) atoms. The molecular weight excluding hydrogens is 233 g/mol. The highest BCUT2D eigenvalue weighted by Gasteiger charge is 2.36. The number of hydrogen-bond donors (Lipinski definition) is 1. The van der Waals surface area contributed by atoms with E-state index in [9.17, 15) is 18.0 Å². The summed E-state index contributed by atoms with van der Waals surface area (Å²) in [6.07, 6.45) is -1.49. The largest absolute Gasteiger partial charge is 0.412 e. The highest BCUT2D eigenvalue weighted by atomic mass is 19.4. The SMILES string of the molecule is O=C([C@@H]1CCCN1)N1CC=C(C(F)(F)F)CC1. The number of halogens is 3. The lowest BCUT2D eigenvalue weighted by Gasteiger charge is -2.29. The van der Waals surface area contributed by atoms with Crippen LogP contribution in [0.4, 0.5) is 13.2 Å². The van der Waals surface area contributed by atoms with E-state index in [0.717, 1.165) is 25.5 Å². The zero-order valence-electron chi connectivity index (χ0n) is 9.39. The van der Waals surface area contributed by atoms with Crippen LogP contribution in [0.2, 0.25) is 0 Å². The van der Waals surface area contributed by atoms with Gasteiger partial charge in [-0.15, -0.1) is 0 Å². The second-order valence-corrected chi connectivity index (χ2v) is 4.41. The molecule has 1 saturated heterocycles. The Morgan fingerprint density at radius 2 is 2.24 bits per heavy atom. The van der Waals surface area contributed by atoms with Crippen LogP contribution in [0.5, 0.6) is 0 Å². The van der Waals surface area contributed by atoms with Gasteiger partial charge in [0.15, 0.2) is 0 Å². The molecule has 0 aromatic heterocycles. The second kappa shape index (κ2) is 4.68. The third kappa shape index (κ3) is 2.80. The number of carbonyl (C=O) groups excluding carboxylic acids is 1. The van der Waals surface area contributed by atoms with Gasteiger partial charge in [0, 0.05) is 18.7 Å². The fourth-order valence-corrected chi connectivity index (χ4v) is 2.24. The normalized spacial score (nSPS) is 25.9. The van der Waals surface area contributed by atoms with Crippen LogP contribution in [0, 0.1) is 0 Å². The summed E-state index contributed by atoms with van der Waals surface area (Å²) in [4.78, 5) is 13.4. The van der Waals surface area contributed by atoms with Gasteiger partial charge in [-0.2, -0.15) is 13.2 Å². The van der Waals surface area contributed by atoms with E-state index in [-0.39, 0.29) is 31.5 Å². The minimum atomic E-state index is -4.25. The standard InChI is InChI=1S/C11H15F3N2O/c12-11(13,14)8-3-6-16(7-4-8)10(17)9-2-1-5-15-9/h3,9,15H,1-2,4-7H2/t9-/m0/s1.